The highest BCUT2D eigenvalue weighted by Crippen LogP contribution is 2.26. The van der Waals surface area contributed by atoms with Crippen molar-refractivity contribution in [1.29, 1.82) is 0 Å². The second-order valence-corrected chi connectivity index (χ2v) is 7.01. The summed E-state index contributed by atoms with van der Waals surface area (Å²) in [5.74, 6) is 0.619. The number of amides is 1. The molecule has 0 bridgehead atoms. The van der Waals surface area contributed by atoms with Crippen molar-refractivity contribution in [3.8, 4) is 0 Å². The van der Waals surface area contributed by atoms with Crippen LogP contribution in [0, 0.1) is 6.92 Å². The van der Waals surface area contributed by atoms with Crippen molar-refractivity contribution in [2.75, 3.05) is 16.8 Å². The molecule has 7 nitrogen and oxygen atoms in total. The van der Waals surface area contributed by atoms with Crippen LogP contribution in [0.15, 0.2) is 29.0 Å². The molecule has 0 spiro atoms. The number of alkyl halides is 1. The molecule has 9 heteroatoms. The highest BCUT2D eigenvalue weighted by molar-refractivity contribution is 9.10. The number of aryl methyl sites for hydroxylation is 1. The third-order valence-electron chi connectivity index (χ3n) is 4.18. The van der Waals surface area contributed by atoms with Gasteiger partial charge in [-0.2, -0.15) is 4.98 Å². The highest BCUT2D eigenvalue weighted by atomic mass is 79.9. The summed E-state index contributed by atoms with van der Waals surface area (Å²) in [7, 11) is 0. The Morgan fingerprint density at radius 3 is 2.88 bits per heavy atom. The number of carbonyl (C=O) groups excluding carboxylic acids is 1. The molecule has 1 aliphatic rings. The van der Waals surface area contributed by atoms with E-state index in [4.69, 9.17) is 4.74 Å². The van der Waals surface area contributed by atoms with E-state index in [1.165, 1.54) is 18.0 Å². The quantitative estimate of drug-likeness (QED) is 0.787. The minimum atomic E-state index is -1.23. The summed E-state index contributed by atoms with van der Waals surface area (Å²) >= 11 is 3.43. The Balaban J connectivity index is 1.81. The molecular formula is C17H19BrFN5O2. The van der Waals surface area contributed by atoms with Gasteiger partial charge < -0.3 is 10.1 Å². The van der Waals surface area contributed by atoms with Crippen molar-refractivity contribution in [3.05, 3.63) is 40.3 Å². The molecule has 0 aliphatic carbocycles. The number of anilines is 2. The van der Waals surface area contributed by atoms with Gasteiger partial charge in [-0.1, -0.05) is 0 Å². The maximum Gasteiger partial charge on any atom is 0.416 e. The molecule has 1 saturated heterocycles. The van der Waals surface area contributed by atoms with Gasteiger partial charge in [0, 0.05) is 16.9 Å². The van der Waals surface area contributed by atoms with E-state index < -0.39 is 18.3 Å². The minimum absolute atomic E-state index is 0.00174. The minimum Gasteiger partial charge on any atom is -0.447 e. The number of aromatic nitrogens is 3. The first-order valence-electron chi connectivity index (χ1n) is 8.18. The number of pyridine rings is 1. The number of hydrogen-bond donors (Lipinski definition) is 1. The van der Waals surface area contributed by atoms with Crippen LogP contribution in [0.3, 0.4) is 0 Å². The standard InChI is InChI=1S/C17H19BrFN5O2/c1-9-6-13(21-7-12(9)18)11(3)22-16-20-5-4-15(23-16)24-14(10(2)19)8-26-17(24)25/h4-7,10-11,14H,8H2,1-3H3,(H,20,22,23)/t10-,11-,14+/m0/s1. The SMILES string of the molecule is Cc1cc([C@H](C)Nc2nccc(N3C(=O)OC[C@@H]3[C@H](C)F)n2)ncc1Br. The van der Waals surface area contributed by atoms with Crippen LogP contribution < -0.4 is 10.2 Å². The van der Waals surface area contributed by atoms with E-state index in [1.807, 2.05) is 19.9 Å². The number of cyclic esters (lactones) is 1. The summed E-state index contributed by atoms with van der Waals surface area (Å²) in [5, 5.41) is 3.16. The molecule has 0 radical (unpaired) electrons. The largest absolute Gasteiger partial charge is 0.447 e. The average molecular weight is 424 g/mol. The third-order valence-corrected chi connectivity index (χ3v) is 5.01. The molecule has 0 unspecified atom stereocenters. The van der Waals surface area contributed by atoms with E-state index in [1.54, 1.807) is 12.3 Å². The fraction of sp³-hybridized carbons (Fsp3) is 0.412. The lowest BCUT2D eigenvalue weighted by Crippen LogP contribution is -2.39. The highest BCUT2D eigenvalue weighted by Gasteiger charge is 2.39. The summed E-state index contributed by atoms with van der Waals surface area (Å²) in [6.07, 6.45) is 1.42. The molecule has 26 heavy (non-hydrogen) atoms. The summed E-state index contributed by atoms with van der Waals surface area (Å²) in [6, 6.07) is 2.67. The maximum absolute atomic E-state index is 13.8. The number of ether oxygens (including phenoxy) is 1. The van der Waals surface area contributed by atoms with Crippen molar-refractivity contribution in [2.45, 2.75) is 39.0 Å². The van der Waals surface area contributed by atoms with Crippen LogP contribution in [-0.2, 0) is 4.74 Å². The lowest BCUT2D eigenvalue weighted by atomic mass is 10.1. The first kappa shape index (κ1) is 18.5. The summed E-state index contributed by atoms with van der Waals surface area (Å²) < 4.78 is 19.7. The fourth-order valence-electron chi connectivity index (χ4n) is 2.66. The molecule has 1 N–H and O–H groups in total. The molecule has 2 aromatic rings. The Kier molecular flexibility index (Phi) is 5.36. The van der Waals surface area contributed by atoms with Gasteiger partial charge in [0.05, 0.1) is 11.7 Å². The van der Waals surface area contributed by atoms with Crippen LogP contribution in [0.25, 0.3) is 0 Å². The van der Waals surface area contributed by atoms with Crippen molar-refractivity contribution >= 4 is 33.8 Å². The smallest absolute Gasteiger partial charge is 0.416 e. The summed E-state index contributed by atoms with van der Waals surface area (Å²) in [4.78, 5) is 26.1. The van der Waals surface area contributed by atoms with Gasteiger partial charge in [-0.3, -0.25) is 9.88 Å². The van der Waals surface area contributed by atoms with E-state index in [9.17, 15) is 9.18 Å². The lowest BCUT2D eigenvalue weighted by Gasteiger charge is -2.22. The van der Waals surface area contributed by atoms with Crippen LogP contribution in [0.1, 0.15) is 31.1 Å². The zero-order chi connectivity index (χ0) is 18.8. The number of nitrogens with one attached hydrogen (secondary N) is 1. The van der Waals surface area contributed by atoms with Crippen LogP contribution in [-0.4, -0.2) is 39.9 Å². The number of halogens is 2. The van der Waals surface area contributed by atoms with Gasteiger partial charge in [-0.05, 0) is 54.4 Å². The van der Waals surface area contributed by atoms with Crippen LogP contribution in [0.4, 0.5) is 21.0 Å². The topological polar surface area (TPSA) is 80.2 Å². The second-order valence-electron chi connectivity index (χ2n) is 6.15. The van der Waals surface area contributed by atoms with Gasteiger partial charge in [0.15, 0.2) is 0 Å². The van der Waals surface area contributed by atoms with E-state index in [-0.39, 0.29) is 12.6 Å². The maximum atomic E-state index is 13.8. The fourth-order valence-corrected chi connectivity index (χ4v) is 2.87. The van der Waals surface area contributed by atoms with Crippen molar-refractivity contribution in [2.24, 2.45) is 0 Å². The molecule has 1 aliphatic heterocycles. The summed E-state index contributed by atoms with van der Waals surface area (Å²) in [6.45, 7) is 5.31. The molecule has 1 amide bonds. The van der Waals surface area contributed by atoms with Gasteiger partial charge in [-0.15, -0.1) is 0 Å². The second kappa shape index (κ2) is 7.53. The number of carbonyl (C=O) groups is 1. The zero-order valence-electron chi connectivity index (χ0n) is 14.6. The number of hydrogen-bond acceptors (Lipinski definition) is 6. The number of nitrogens with zero attached hydrogens (tertiary/aromatic N) is 4. The Labute approximate surface area is 159 Å². The molecular weight excluding hydrogens is 405 g/mol. The lowest BCUT2D eigenvalue weighted by molar-refractivity contribution is 0.174. The van der Waals surface area contributed by atoms with Crippen LogP contribution >= 0.6 is 15.9 Å². The van der Waals surface area contributed by atoms with E-state index in [2.05, 4.69) is 36.2 Å². The Bertz CT molecular complexity index is 819. The van der Waals surface area contributed by atoms with E-state index in [0.717, 1.165) is 15.7 Å². The van der Waals surface area contributed by atoms with E-state index in [0.29, 0.717) is 11.8 Å². The monoisotopic (exact) mass is 423 g/mol. The van der Waals surface area contributed by atoms with Gasteiger partial charge in [0.1, 0.15) is 24.6 Å². The first-order valence-corrected chi connectivity index (χ1v) is 8.98. The predicted molar refractivity (Wildman–Crippen MR) is 98.9 cm³/mol. The van der Waals surface area contributed by atoms with Crippen molar-refractivity contribution < 1.29 is 13.9 Å². The van der Waals surface area contributed by atoms with Gasteiger partial charge in [0.25, 0.3) is 0 Å². The molecule has 2 aromatic heterocycles. The van der Waals surface area contributed by atoms with Gasteiger partial charge in [0.2, 0.25) is 5.95 Å². The predicted octanol–water partition coefficient (Wildman–Crippen LogP) is 3.80. The summed E-state index contributed by atoms with van der Waals surface area (Å²) in [5.41, 5.74) is 1.90. The normalized spacial score (nSPS) is 19.2. The molecule has 138 valence electrons. The Morgan fingerprint density at radius 2 is 2.19 bits per heavy atom. The third kappa shape index (κ3) is 3.77. The Hall–Kier alpha value is -2.29. The Morgan fingerprint density at radius 1 is 1.42 bits per heavy atom. The van der Waals surface area contributed by atoms with Gasteiger partial charge >= 0.3 is 6.09 Å². The zero-order valence-corrected chi connectivity index (χ0v) is 16.2. The van der Waals surface area contributed by atoms with E-state index >= 15 is 0 Å². The molecule has 0 saturated carbocycles. The average Bonchev–Trinajstić information content (AvgIpc) is 2.99. The van der Waals surface area contributed by atoms with Crippen LogP contribution in [0.2, 0.25) is 0 Å². The van der Waals surface area contributed by atoms with Crippen molar-refractivity contribution in [1.82, 2.24) is 15.0 Å². The molecule has 3 atom stereocenters. The molecule has 3 heterocycles. The number of rotatable bonds is 5. The molecule has 1 fully saturated rings. The molecule has 0 aromatic carbocycles. The van der Waals surface area contributed by atoms with Gasteiger partial charge in [-0.25, -0.2) is 14.2 Å². The van der Waals surface area contributed by atoms with Crippen molar-refractivity contribution in [3.63, 3.8) is 0 Å². The molecule has 3 rings (SSSR count). The van der Waals surface area contributed by atoms with Crippen LogP contribution in [0.5, 0.6) is 0 Å². The first-order chi connectivity index (χ1) is 12.4.